The van der Waals surface area contributed by atoms with Crippen molar-refractivity contribution in [2.75, 3.05) is 7.11 Å². The highest BCUT2D eigenvalue weighted by molar-refractivity contribution is 5.89. The lowest BCUT2D eigenvalue weighted by Gasteiger charge is -2.30. The molecule has 0 aromatic carbocycles. The number of aliphatic hydroxyl groups excluding tert-OH is 1. The summed E-state index contributed by atoms with van der Waals surface area (Å²) in [6.45, 7) is 6.96. The first-order chi connectivity index (χ1) is 8.27. The van der Waals surface area contributed by atoms with Crippen LogP contribution in [0, 0.1) is 11.3 Å². The standard InChI is InChI=1S/C14H24O4/c1-6-7-11(15)9-8-10(2)12(16)14(3,4)13(17)18-5/h8-10,12,16H,6-7H2,1-5H3/b9-8+/t10-,12+/m1/s1. The van der Waals surface area contributed by atoms with Crippen molar-refractivity contribution in [2.45, 2.75) is 46.6 Å². The summed E-state index contributed by atoms with van der Waals surface area (Å²) in [5.41, 5.74) is -0.994. The fourth-order valence-electron chi connectivity index (χ4n) is 1.74. The minimum absolute atomic E-state index is 0.0347. The van der Waals surface area contributed by atoms with E-state index in [1.165, 1.54) is 13.2 Å². The Morgan fingerprint density at radius 3 is 2.39 bits per heavy atom. The highest BCUT2D eigenvalue weighted by Gasteiger charge is 2.39. The summed E-state index contributed by atoms with van der Waals surface area (Å²) in [7, 11) is 1.29. The molecule has 0 spiro atoms. The molecule has 0 aliphatic rings. The summed E-state index contributed by atoms with van der Waals surface area (Å²) in [6, 6.07) is 0. The van der Waals surface area contributed by atoms with E-state index in [9.17, 15) is 14.7 Å². The van der Waals surface area contributed by atoms with E-state index in [-0.39, 0.29) is 11.7 Å². The number of carbonyl (C=O) groups excluding carboxylic acids is 2. The molecule has 18 heavy (non-hydrogen) atoms. The second kappa shape index (κ2) is 7.31. The van der Waals surface area contributed by atoms with Gasteiger partial charge in [0.05, 0.1) is 18.6 Å². The lowest BCUT2D eigenvalue weighted by Crippen LogP contribution is -2.41. The predicted molar refractivity (Wildman–Crippen MR) is 70.0 cm³/mol. The minimum atomic E-state index is -0.994. The van der Waals surface area contributed by atoms with Gasteiger partial charge in [-0.25, -0.2) is 0 Å². The van der Waals surface area contributed by atoms with Crippen LogP contribution in [-0.2, 0) is 14.3 Å². The van der Waals surface area contributed by atoms with Crippen molar-refractivity contribution in [3.05, 3.63) is 12.2 Å². The summed E-state index contributed by atoms with van der Waals surface area (Å²) in [6.07, 6.45) is 3.53. The molecule has 0 unspecified atom stereocenters. The predicted octanol–water partition coefficient (Wildman–Crippen LogP) is 2.11. The van der Waals surface area contributed by atoms with Crippen LogP contribution in [0.15, 0.2) is 12.2 Å². The van der Waals surface area contributed by atoms with E-state index in [1.807, 2.05) is 6.92 Å². The van der Waals surface area contributed by atoms with Crippen LogP contribution in [0.5, 0.6) is 0 Å². The van der Waals surface area contributed by atoms with Crippen LogP contribution in [-0.4, -0.2) is 30.1 Å². The number of ether oxygens (including phenoxy) is 1. The summed E-state index contributed by atoms with van der Waals surface area (Å²) in [5, 5.41) is 10.1. The van der Waals surface area contributed by atoms with Crippen molar-refractivity contribution >= 4 is 11.8 Å². The molecule has 0 radical (unpaired) electrons. The van der Waals surface area contributed by atoms with E-state index in [0.29, 0.717) is 6.42 Å². The molecule has 0 heterocycles. The molecule has 0 amide bonds. The number of hydrogen-bond acceptors (Lipinski definition) is 4. The molecule has 4 nitrogen and oxygen atoms in total. The lowest BCUT2D eigenvalue weighted by atomic mass is 9.80. The molecule has 0 aromatic rings. The van der Waals surface area contributed by atoms with E-state index in [1.54, 1.807) is 26.8 Å². The zero-order valence-electron chi connectivity index (χ0n) is 11.9. The highest BCUT2D eigenvalue weighted by Crippen LogP contribution is 2.28. The maximum Gasteiger partial charge on any atom is 0.313 e. The molecule has 0 bridgehead atoms. The third kappa shape index (κ3) is 4.61. The van der Waals surface area contributed by atoms with Crippen molar-refractivity contribution in [1.82, 2.24) is 0 Å². The van der Waals surface area contributed by atoms with Gasteiger partial charge in [0.15, 0.2) is 5.78 Å². The first-order valence-corrected chi connectivity index (χ1v) is 6.24. The molecular weight excluding hydrogens is 232 g/mol. The van der Waals surface area contributed by atoms with Gasteiger partial charge in [-0.3, -0.25) is 9.59 Å². The summed E-state index contributed by atoms with van der Waals surface area (Å²) in [4.78, 5) is 22.9. The molecule has 0 aromatic heterocycles. The van der Waals surface area contributed by atoms with Crippen LogP contribution in [0.3, 0.4) is 0 Å². The lowest BCUT2D eigenvalue weighted by molar-refractivity contribution is -0.158. The molecule has 0 saturated heterocycles. The Bertz CT molecular complexity index is 318. The van der Waals surface area contributed by atoms with Gasteiger partial charge in [0.1, 0.15) is 0 Å². The van der Waals surface area contributed by atoms with Gasteiger partial charge < -0.3 is 9.84 Å². The van der Waals surface area contributed by atoms with Gasteiger partial charge in [-0.2, -0.15) is 0 Å². The molecule has 0 aliphatic carbocycles. The van der Waals surface area contributed by atoms with Crippen LogP contribution < -0.4 is 0 Å². The number of rotatable bonds is 7. The van der Waals surface area contributed by atoms with Crippen molar-refractivity contribution in [3.63, 3.8) is 0 Å². The first-order valence-electron chi connectivity index (χ1n) is 6.24. The Kier molecular flexibility index (Phi) is 6.84. The third-order valence-corrected chi connectivity index (χ3v) is 3.03. The van der Waals surface area contributed by atoms with Crippen LogP contribution in [0.4, 0.5) is 0 Å². The van der Waals surface area contributed by atoms with E-state index < -0.39 is 17.5 Å². The quantitative estimate of drug-likeness (QED) is 0.559. The van der Waals surface area contributed by atoms with Gasteiger partial charge >= 0.3 is 5.97 Å². The van der Waals surface area contributed by atoms with Crippen LogP contribution in [0.1, 0.15) is 40.5 Å². The largest absolute Gasteiger partial charge is 0.469 e. The maximum atomic E-state index is 11.5. The van der Waals surface area contributed by atoms with Crippen LogP contribution in [0.2, 0.25) is 0 Å². The summed E-state index contributed by atoms with van der Waals surface area (Å²) < 4.78 is 4.66. The first kappa shape index (κ1) is 16.8. The van der Waals surface area contributed by atoms with E-state index in [0.717, 1.165) is 6.42 Å². The van der Waals surface area contributed by atoms with E-state index in [2.05, 4.69) is 4.74 Å². The monoisotopic (exact) mass is 256 g/mol. The minimum Gasteiger partial charge on any atom is -0.469 e. The number of allylic oxidation sites excluding steroid dienone is 1. The van der Waals surface area contributed by atoms with Gasteiger partial charge in [-0.05, 0) is 26.3 Å². The molecule has 0 rings (SSSR count). The van der Waals surface area contributed by atoms with Gasteiger partial charge in [0.25, 0.3) is 0 Å². The SMILES string of the molecule is CCCC(=O)/C=C/[C@@H](C)[C@H](O)C(C)(C)C(=O)OC. The smallest absolute Gasteiger partial charge is 0.313 e. The molecule has 0 aliphatic heterocycles. The van der Waals surface area contributed by atoms with Gasteiger partial charge in [0.2, 0.25) is 0 Å². The van der Waals surface area contributed by atoms with Crippen LogP contribution in [0.25, 0.3) is 0 Å². The Labute approximate surface area is 109 Å². The van der Waals surface area contributed by atoms with Crippen molar-refractivity contribution in [1.29, 1.82) is 0 Å². The number of methoxy groups -OCH3 is 1. The number of esters is 1. The number of carbonyl (C=O) groups is 2. The third-order valence-electron chi connectivity index (χ3n) is 3.03. The summed E-state index contributed by atoms with van der Waals surface area (Å²) >= 11 is 0. The molecule has 0 fully saturated rings. The molecule has 1 N–H and O–H groups in total. The van der Waals surface area contributed by atoms with Gasteiger partial charge in [-0.15, -0.1) is 0 Å². The Hall–Kier alpha value is -1.16. The average molecular weight is 256 g/mol. The number of hydrogen-bond donors (Lipinski definition) is 1. The molecular formula is C14H24O4. The maximum absolute atomic E-state index is 11.5. The zero-order chi connectivity index (χ0) is 14.3. The highest BCUT2D eigenvalue weighted by atomic mass is 16.5. The van der Waals surface area contributed by atoms with Gasteiger partial charge in [-0.1, -0.05) is 19.9 Å². The normalized spacial score (nSPS) is 15.4. The van der Waals surface area contributed by atoms with Crippen LogP contribution >= 0.6 is 0 Å². The fraction of sp³-hybridized carbons (Fsp3) is 0.714. The van der Waals surface area contributed by atoms with Crippen molar-refractivity contribution in [3.8, 4) is 0 Å². The molecule has 4 heteroatoms. The second-order valence-electron chi connectivity index (χ2n) is 5.09. The van der Waals surface area contributed by atoms with Gasteiger partial charge in [0, 0.05) is 12.3 Å². The average Bonchev–Trinajstić information content (AvgIpc) is 2.34. The zero-order valence-corrected chi connectivity index (χ0v) is 11.9. The molecule has 104 valence electrons. The van der Waals surface area contributed by atoms with Crippen molar-refractivity contribution in [2.24, 2.45) is 11.3 Å². The number of aliphatic hydroxyl groups is 1. The fourth-order valence-corrected chi connectivity index (χ4v) is 1.74. The Morgan fingerprint density at radius 1 is 1.39 bits per heavy atom. The Morgan fingerprint density at radius 2 is 1.94 bits per heavy atom. The summed E-state index contributed by atoms with van der Waals surface area (Å²) in [5.74, 6) is -0.720. The van der Waals surface area contributed by atoms with E-state index >= 15 is 0 Å². The van der Waals surface area contributed by atoms with E-state index in [4.69, 9.17) is 0 Å². The Balaban J connectivity index is 4.64. The second-order valence-corrected chi connectivity index (χ2v) is 5.09. The molecule has 0 saturated carbocycles. The topological polar surface area (TPSA) is 63.6 Å². The van der Waals surface area contributed by atoms with Crippen molar-refractivity contribution < 1.29 is 19.4 Å². The molecule has 2 atom stereocenters. The number of ketones is 1.